The third kappa shape index (κ3) is 3.43. The first kappa shape index (κ1) is 19.4. The topological polar surface area (TPSA) is 57.7 Å². The highest BCUT2D eigenvalue weighted by molar-refractivity contribution is 9.10. The maximum atomic E-state index is 14.3. The van der Waals surface area contributed by atoms with Crippen LogP contribution in [0.4, 0.5) is 14.9 Å². The molecule has 28 heavy (non-hydrogen) atoms. The Morgan fingerprint density at radius 3 is 2.43 bits per heavy atom. The summed E-state index contributed by atoms with van der Waals surface area (Å²) in [5.74, 6) is -0.589. The van der Waals surface area contributed by atoms with Crippen LogP contribution in [-0.2, 0) is 22.8 Å². The summed E-state index contributed by atoms with van der Waals surface area (Å²) in [6.45, 7) is 2.09. The fourth-order valence-corrected chi connectivity index (χ4v) is 6.27. The van der Waals surface area contributed by atoms with Gasteiger partial charge in [0.1, 0.15) is 5.82 Å². The van der Waals surface area contributed by atoms with E-state index in [1.54, 1.807) is 17.0 Å². The minimum atomic E-state index is -3.26. The van der Waals surface area contributed by atoms with Gasteiger partial charge in [-0.1, -0.05) is 41.1 Å². The van der Waals surface area contributed by atoms with Crippen molar-refractivity contribution in [3.05, 3.63) is 63.9 Å². The van der Waals surface area contributed by atoms with Crippen LogP contribution >= 0.6 is 15.9 Å². The molecule has 8 heteroatoms. The maximum Gasteiger partial charge on any atom is 0.325 e. The van der Waals surface area contributed by atoms with E-state index in [0.717, 1.165) is 12.0 Å². The van der Waals surface area contributed by atoms with Gasteiger partial charge in [-0.3, -0.25) is 4.90 Å². The lowest BCUT2D eigenvalue weighted by atomic mass is 10.1. The largest absolute Gasteiger partial charge is 0.325 e. The van der Waals surface area contributed by atoms with E-state index in [4.69, 9.17) is 0 Å². The van der Waals surface area contributed by atoms with Crippen molar-refractivity contribution in [3.63, 3.8) is 0 Å². The molecule has 0 radical (unpaired) electrons. The molecule has 4 rings (SSSR count). The minimum Gasteiger partial charge on any atom is -0.314 e. The highest BCUT2D eigenvalue weighted by Gasteiger charge is 2.53. The first-order valence-electron chi connectivity index (χ1n) is 9.12. The number of sulfone groups is 1. The second kappa shape index (κ2) is 7.15. The van der Waals surface area contributed by atoms with Crippen LogP contribution in [0, 0.1) is 5.82 Å². The van der Waals surface area contributed by atoms with E-state index >= 15 is 0 Å². The van der Waals surface area contributed by atoms with E-state index in [2.05, 4.69) is 15.9 Å². The summed E-state index contributed by atoms with van der Waals surface area (Å²) < 4.78 is 39.5. The molecule has 2 aliphatic rings. The number of nitrogens with zero attached hydrogens (tertiary/aromatic N) is 2. The molecular weight excluding hydrogens is 447 g/mol. The van der Waals surface area contributed by atoms with E-state index < -0.39 is 27.7 Å². The maximum absolute atomic E-state index is 14.3. The van der Waals surface area contributed by atoms with Crippen molar-refractivity contribution in [2.24, 2.45) is 0 Å². The Morgan fingerprint density at radius 1 is 1.11 bits per heavy atom. The van der Waals surface area contributed by atoms with Gasteiger partial charge in [0.15, 0.2) is 9.84 Å². The lowest BCUT2D eigenvalue weighted by Gasteiger charge is -2.23. The van der Waals surface area contributed by atoms with Crippen LogP contribution in [0.3, 0.4) is 0 Å². The first-order valence-corrected chi connectivity index (χ1v) is 11.7. The summed E-state index contributed by atoms with van der Waals surface area (Å²) in [4.78, 5) is 16.2. The molecule has 5 nitrogen and oxygen atoms in total. The summed E-state index contributed by atoms with van der Waals surface area (Å²) >= 11 is 3.22. The third-order valence-electron chi connectivity index (χ3n) is 5.46. The van der Waals surface area contributed by atoms with Crippen LogP contribution in [0.5, 0.6) is 0 Å². The van der Waals surface area contributed by atoms with Gasteiger partial charge in [-0.05, 0) is 36.2 Å². The molecule has 2 aromatic rings. The fourth-order valence-electron chi connectivity index (χ4n) is 3.99. The van der Waals surface area contributed by atoms with Crippen molar-refractivity contribution in [2.45, 2.75) is 32.0 Å². The number of benzene rings is 2. The molecular formula is C20H20BrFN2O3S. The summed E-state index contributed by atoms with van der Waals surface area (Å²) in [6, 6.07) is 11.0. The van der Waals surface area contributed by atoms with Crippen LogP contribution in [0.15, 0.2) is 46.9 Å². The van der Waals surface area contributed by atoms with Crippen molar-refractivity contribution in [1.29, 1.82) is 0 Å². The molecule has 0 aliphatic carbocycles. The molecule has 2 aromatic carbocycles. The molecule has 0 unspecified atom stereocenters. The fraction of sp³-hybridized carbons (Fsp3) is 0.350. The van der Waals surface area contributed by atoms with Crippen LogP contribution in [0.2, 0.25) is 0 Å². The molecule has 0 saturated carbocycles. The lowest BCUT2D eigenvalue weighted by Crippen LogP contribution is -2.37. The second-order valence-electron chi connectivity index (χ2n) is 7.25. The van der Waals surface area contributed by atoms with Crippen molar-refractivity contribution in [3.8, 4) is 0 Å². The summed E-state index contributed by atoms with van der Waals surface area (Å²) in [6.07, 6.45) is 0.879. The highest BCUT2D eigenvalue weighted by atomic mass is 79.9. The number of anilines is 1. The van der Waals surface area contributed by atoms with Gasteiger partial charge in [-0.15, -0.1) is 0 Å². The normalized spacial score (nSPS) is 23.3. The molecule has 2 atom stereocenters. The van der Waals surface area contributed by atoms with Gasteiger partial charge in [-0.25, -0.2) is 17.6 Å². The molecule has 2 saturated heterocycles. The van der Waals surface area contributed by atoms with Crippen LogP contribution < -0.4 is 4.90 Å². The first-order chi connectivity index (χ1) is 13.3. The number of hydrogen-bond acceptors (Lipinski definition) is 3. The number of rotatable bonds is 4. The van der Waals surface area contributed by atoms with Gasteiger partial charge < -0.3 is 4.90 Å². The van der Waals surface area contributed by atoms with Gasteiger partial charge in [0, 0.05) is 15.7 Å². The number of carbonyl (C=O) groups excluding carboxylic acids is 1. The Labute approximate surface area is 172 Å². The average Bonchev–Trinajstić information content (AvgIpc) is 3.07. The monoisotopic (exact) mass is 466 g/mol. The van der Waals surface area contributed by atoms with Crippen LogP contribution in [0.1, 0.15) is 18.1 Å². The summed E-state index contributed by atoms with van der Waals surface area (Å²) in [7, 11) is -3.26. The summed E-state index contributed by atoms with van der Waals surface area (Å²) in [5, 5.41) is 0. The second-order valence-corrected chi connectivity index (χ2v) is 10.3. The van der Waals surface area contributed by atoms with Crippen LogP contribution in [0.25, 0.3) is 0 Å². The van der Waals surface area contributed by atoms with Crippen molar-refractivity contribution in [1.82, 2.24) is 4.90 Å². The molecule has 0 N–H and O–H groups in total. The van der Waals surface area contributed by atoms with Crippen LogP contribution in [-0.4, -0.2) is 42.9 Å². The Bertz CT molecular complexity index is 1030. The van der Waals surface area contributed by atoms with Crippen molar-refractivity contribution in [2.75, 3.05) is 16.4 Å². The Balaban J connectivity index is 1.69. The lowest BCUT2D eigenvalue weighted by molar-refractivity contribution is 0.205. The third-order valence-corrected chi connectivity index (χ3v) is 7.65. The molecule has 2 heterocycles. The predicted molar refractivity (Wildman–Crippen MR) is 110 cm³/mol. The molecule has 0 bridgehead atoms. The van der Waals surface area contributed by atoms with Gasteiger partial charge in [-0.2, -0.15) is 0 Å². The molecule has 0 aromatic heterocycles. The highest BCUT2D eigenvalue weighted by Crippen LogP contribution is 2.36. The zero-order valence-electron chi connectivity index (χ0n) is 15.3. The van der Waals surface area contributed by atoms with Crippen molar-refractivity contribution >= 4 is 37.5 Å². The molecule has 148 valence electrons. The van der Waals surface area contributed by atoms with Gasteiger partial charge >= 0.3 is 6.03 Å². The number of urea groups is 1. The Morgan fingerprint density at radius 2 is 1.79 bits per heavy atom. The number of carbonyl (C=O) groups is 1. The predicted octanol–water partition coefficient (Wildman–Crippen LogP) is 3.76. The van der Waals surface area contributed by atoms with Gasteiger partial charge in [0.2, 0.25) is 0 Å². The molecule has 2 amide bonds. The van der Waals surface area contributed by atoms with E-state index in [0.29, 0.717) is 15.7 Å². The van der Waals surface area contributed by atoms with E-state index in [1.165, 1.54) is 11.0 Å². The van der Waals surface area contributed by atoms with E-state index in [1.807, 2.05) is 31.2 Å². The Kier molecular flexibility index (Phi) is 4.95. The average molecular weight is 467 g/mol. The number of aryl methyl sites for hydroxylation is 1. The zero-order chi connectivity index (χ0) is 20.1. The number of halogens is 2. The number of amides is 2. The standard InChI is InChI=1S/C20H20BrFN2O3S/c1-2-13-3-7-16(8-4-13)24-19-12-28(26,27)11-18(19)23(20(24)25)10-14-5-6-15(21)9-17(14)22/h3-9,18-19H,2,10-12H2,1H3/t18-,19+/m0/s1. The smallest absolute Gasteiger partial charge is 0.314 e. The SMILES string of the molecule is CCc1ccc(N2C(=O)N(Cc3ccc(Br)cc3F)[C@H]3CS(=O)(=O)C[C@H]32)cc1. The van der Waals surface area contributed by atoms with E-state index in [-0.39, 0.29) is 24.1 Å². The minimum absolute atomic E-state index is 0.0399. The summed E-state index contributed by atoms with van der Waals surface area (Å²) in [5.41, 5.74) is 2.18. The number of fused-ring (bicyclic) bond motifs is 1. The van der Waals surface area contributed by atoms with Gasteiger partial charge in [0.05, 0.1) is 30.1 Å². The Hall–Kier alpha value is -1.93. The van der Waals surface area contributed by atoms with E-state index in [9.17, 15) is 17.6 Å². The van der Waals surface area contributed by atoms with Gasteiger partial charge in [0.25, 0.3) is 0 Å². The molecule has 2 aliphatic heterocycles. The number of hydrogen-bond donors (Lipinski definition) is 0. The zero-order valence-corrected chi connectivity index (χ0v) is 17.7. The van der Waals surface area contributed by atoms with Crippen molar-refractivity contribution < 1.29 is 17.6 Å². The quantitative estimate of drug-likeness (QED) is 0.644. The molecule has 0 spiro atoms. The molecule has 2 fully saturated rings.